The van der Waals surface area contributed by atoms with Gasteiger partial charge < -0.3 is 15.5 Å². The molecule has 0 fully saturated rings. The van der Waals surface area contributed by atoms with Crippen molar-refractivity contribution in [3.63, 3.8) is 0 Å². The van der Waals surface area contributed by atoms with E-state index in [9.17, 15) is 0 Å². The van der Waals surface area contributed by atoms with Gasteiger partial charge in [0.25, 0.3) is 0 Å². The van der Waals surface area contributed by atoms with E-state index in [2.05, 4.69) is 70.5 Å². The van der Waals surface area contributed by atoms with Crippen LogP contribution in [0.3, 0.4) is 0 Å². The van der Waals surface area contributed by atoms with E-state index >= 15 is 0 Å². The van der Waals surface area contributed by atoms with Gasteiger partial charge >= 0.3 is 0 Å². The Bertz CT molecular complexity index is 656. The number of likely N-dealkylation sites (N-methyl/N-ethyl adjacent to an activating group) is 1. The topological polar surface area (TPSA) is 53.1 Å². The highest BCUT2D eigenvalue weighted by molar-refractivity contribution is 5.58. The van der Waals surface area contributed by atoms with E-state index in [1.807, 2.05) is 27.1 Å². The van der Waals surface area contributed by atoms with E-state index in [0.29, 0.717) is 5.95 Å². The van der Waals surface area contributed by atoms with Gasteiger partial charge in [0.15, 0.2) is 0 Å². The summed E-state index contributed by atoms with van der Waals surface area (Å²) in [5, 5.41) is 6.63. The molecule has 0 saturated heterocycles. The van der Waals surface area contributed by atoms with Crippen LogP contribution in [0.4, 0.5) is 17.5 Å². The molecule has 1 aromatic heterocycles. The molecule has 0 atom stereocenters. The van der Waals surface area contributed by atoms with Gasteiger partial charge in [-0.05, 0) is 44.1 Å². The van der Waals surface area contributed by atoms with Crippen molar-refractivity contribution >= 4 is 17.5 Å². The van der Waals surface area contributed by atoms with Crippen molar-refractivity contribution < 1.29 is 0 Å². The van der Waals surface area contributed by atoms with E-state index in [-0.39, 0.29) is 5.41 Å². The van der Waals surface area contributed by atoms with Gasteiger partial charge in [-0.25, -0.2) is 4.98 Å². The van der Waals surface area contributed by atoms with E-state index in [1.54, 1.807) is 0 Å². The highest BCUT2D eigenvalue weighted by atomic mass is 15.2. The molecule has 0 spiro atoms. The first-order valence-corrected chi connectivity index (χ1v) is 8.36. The second-order valence-electron chi connectivity index (χ2n) is 7.40. The summed E-state index contributed by atoms with van der Waals surface area (Å²) >= 11 is 0. The van der Waals surface area contributed by atoms with Crippen LogP contribution in [0.25, 0.3) is 0 Å². The fourth-order valence-corrected chi connectivity index (χ4v) is 2.30. The largest absolute Gasteiger partial charge is 0.353 e. The summed E-state index contributed by atoms with van der Waals surface area (Å²) in [6.07, 6.45) is 0. The van der Waals surface area contributed by atoms with Crippen LogP contribution in [0.2, 0.25) is 0 Å². The van der Waals surface area contributed by atoms with Gasteiger partial charge in [-0.15, -0.1) is 0 Å². The van der Waals surface area contributed by atoms with Crippen molar-refractivity contribution in [2.24, 2.45) is 0 Å². The van der Waals surface area contributed by atoms with Crippen LogP contribution < -0.4 is 10.6 Å². The number of anilines is 3. The molecule has 24 heavy (non-hydrogen) atoms. The van der Waals surface area contributed by atoms with E-state index < -0.39 is 0 Å². The SMILES string of the molecule is Cc1cc(Nc2ccc(C(C)(C)C)cc2)nc(NCCN(C)C)n1. The highest BCUT2D eigenvalue weighted by Crippen LogP contribution is 2.24. The van der Waals surface area contributed by atoms with E-state index in [0.717, 1.165) is 30.3 Å². The Labute approximate surface area is 145 Å². The summed E-state index contributed by atoms with van der Waals surface area (Å²) in [4.78, 5) is 11.1. The van der Waals surface area contributed by atoms with Crippen LogP contribution >= 0.6 is 0 Å². The van der Waals surface area contributed by atoms with Gasteiger partial charge in [-0.3, -0.25) is 0 Å². The van der Waals surface area contributed by atoms with Gasteiger partial charge in [0, 0.05) is 30.5 Å². The number of benzene rings is 1. The molecule has 5 heteroatoms. The van der Waals surface area contributed by atoms with Gasteiger partial charge in [-0.1, -0.05) is 32.9 Å². The molecular formula is C19H29N5. The number of aryl methyl sites for hydroxylation is 1. The van der Waals surface area contributed by atoms with E-state index in [1.165, 1.54) is 5.56 Å². The monoisotopic (exact) mass is 327 g/mol. The lowest BCUT2D eigenvalue weighted by Gasteiger charge is -2.19. The molecule has 0 aliphatic heterocycles. The van der Waals surface area contributed by atoms with Crippen LogP contribution in [-0.4, -0.2) is 42.1 Å². The summed E-state index contributed by atoms with van der Waals surface area (Å²) < 4.78 is 0. The molecule has 5 nitrogen and oxygen atoms in total. The molecule has 2 rings (SSSR count). The third-order valence-electron chi connectivity index (χ3n) is 3.72. The number of hydrogen-bond acceptors (Lipinski definition) is 5. The maximum absolute atomic E-state index is 4.55. The van der Waals surface area contributed by atoms with Crippen molar-refractivity contribution in [1.82, 2.24) is 14.9 Å². The summed E-state index contributed by atoms with van der Waals surface area (Å²) in [7, 11) is 4.10. The number of nitrogens with zero attached hydrogens (tertiary/aromatic N) is 3. The predicted octanol–water partition coefficient (Wildman–Crippen LogP) is 3.80. The zero-order valence-corrected chi connectivity index (χ0v) is 15.6. The molecule has 130 valence electrons. The third-order valence-corrected chi connectivity index (χ3v) is 3.72. The lowest BCUT2D eigenvalue weighted by atomic mass is 9.87. The maximum atomic E-state index is 4.55. The van der Waals surface area contributed by atoms with Crippen LogP contribution in [0, 0.1) is 6.92 Å². The summed E-state index contributed by atoms with van der Waals surface area (Å²) in [5.41, 5.74) is 3.44. The quantitative estimate of drug-likeness (QED) is 0.845. The van der Waals surface area contributed by atoms with Gasteiger partial charge in [-0.2, -0.15) is 4.98 Å². The van der Waals surface area contributed by atoms with Crippen molar-refractivity contribution in [1.29, 1.82) is 0 Å². The lowest BCUT2D eigenvalue weighted by Crippen LogP contribution is -2.21. The van der Waals surface area contributed by atoms with Crippen molar-refractivity contribution in [2.75, 3.05) is 37.8 Å². The van der Waals surface area contributed by atoms with Crippen LogP contribution in [-0.2, 0) is 5.41 Å². The minimum atomic E-state index is 0.160. The van der Waals surface area contributed by atoms with Gasteiger partial charge in [0.1, 0.15) is 5.82 Å². The standard InChI is InChI=1S/C19H29N5/c1-14-13-17(23-18(21-14)20-11-12-24(5)6)22-16-9-7-15(8-10-16)19(2,3)4/h7-10,13H,11-12H2,1-6H3,(H2,20,21,22,23). The normalized spacial score (nSPS) is 11.6. The molecular weight excluding hydrogens is 298 g/mol. The molecule has 0 aliphatic carbocycles. The Kier molecular flexibility index (Phi) is 5.78. The van der Waals surface area contributed by atoms with E-state index in [4.69, 9.17) is 0 Å². The average molecular weight is 327 g/mol. The Morgan fingerprint density at radius 2 is 1.71 bits per heavy atom. The molecule has 2 N–H and O–H groups in total. The number of aromatic nitrogens is 2. The Morgan fingerprint density at radius 3 is 2.29 bits per heavy atom. The molecule has 0 amide bonds. The summed E-state index contributed by atoms with van der Waals surface area (Å²) in [6, 6.07) is 10.5. The Balaban J connectivity index is 2.07. The number of rotatable bonds is 6. The minimum Gasteiger partial charge on any atom is -0.353 e. The summed E-state index contributed by atoms with van der Waals surface area (Å²) in [6.45, 7) is 10.4. The zero-order valence-electron chi connectivity index (χ0n) is 15.6. The molecule has 0 bridgehead atoms. The second-order valence-corrected chi connectivity index (χ2v) is 7.40. The van der Waals surface area contributed by atoms with Crippen molar-refractivity contribution in [3.05, 3.63) is 41.6 Å². The van der Waals surface area contributed by atoms with Crippen LogP contribution in [0.15, 0.2) is 30.3 Å². The molecule has 0 radical (unpaired) electrons. The van der Waals surface area contributed by atoms with Gasteiger partial charge in [0.05, 0.1) is 0 Å². The van der Waals surface area contributed by atoms with Crippen LogP contribution in [0.1, 0.15) is 32.0 Å². The van der Waals surface area contributed by atoms with Crippen molar-refractivity contribution in [3.8, 4) is 0 Å². The number of hydrogen-bond donors (Lipinski definition) is 2. The smallest absolute Gasteiger partial charge is 0.224 e. The molecule has 0 unspecified atom stereocenters. The summed E-state index contributed by atoms with van der Waals surface area (Å²) in [5.74, 6) is 1.46. The first-order valence-electron chi connectivity index (χ1n) is 8.36. The Morgan fingerprint density at radius 1 is 1.04 bits per heavy atom. The highest BCUT2D eigenvalue weighted by Gasteiger charge is 2.13. The Hall–Kier alpha value is -2.14. The lowest BCUT2D eigenvalue weighted by molar-refractivity contribution is 0.425. The molecule has 0 saturated carbocycles. The molecule has 0 aliphatic rings. The molecule has 1 aromatic carbocycles. The predicted molar refractivity (Wildman–Crippen MR) is 102 cm³/mol. The fourth-order valence-electron chi connectivity index (χ4n) is 2.30. The number of nitrogens with one attached hydrogen (secondary N) is 2. The second kappa shape index (κ2) is 7.62. The first-order chi connectivity index (χ1) is 11.2. The third kappa shape index (κ3) is 5.49. The average Bonchev–Trinajstić information content (AvgIpc) is 2.46. The molecule has 2 aromatic rings. The minimum absolute atomic E-state index is 0.160. The molecule has 1 heterocycles. The van der Waals surface area contributed by atoms with Crippen LogP contribution in [0.5, 0.6) is 0 Å². The maximum Gasteiger partial charge on any atom is 0.224 e. The van der Waals surface area contributed by atoms with Crippen molar-refractivity contribution in [2.45, 2.75) is 33.1 Å². The first kappa shape index (κ1) is 18.2. The fraction of sp³-hybridized carbons (Fsp3) is 0.474. The zero-order chi connectivity index (χ0) is 17.7. The van der Waals surface area contributed by atoms with Gasteiger partial charge in [0.2, 0.25) is 5.95 Å².